The molecule has 6 nitrogen and oxygen atoms in total. The van der Waals surface area contributed by atoms with Gasteiger partial charge in [0.15, 0.2) is 0 Å². The molecule has 2 amide bonds. The van der Waals surface area contributed by atoms with Crippen LogP contribution in [0.1, 0.15) is 31.7 Å². The van der Waals surface area contributed by atoms with E-state index in [9.17, 15) is 9.59 Å². The number of anilines is 1. The standard InChI is InChI=1S/C20H20BrCl2N3O3/c1-2-3-9-29-17-8-7-14(21)10-13(17)12-24-26-19(28)11-18(27)25-16-6-4-5-15(22)20(16)23/h4-8,10,12H,2-3,9,11H2,1H3,(H,25,27)(H,26,28). The number of nitrogens with one attached hydrogen (secondary N) is 2. The van der Waals surface area contributed by atoms with Crippen molar-refractivity contribution in [3.8, 4) is 5.75 Å². The molecular weight excluding hydrogens is 481 g/mol. The van der Waals surface area contributed by atoms with Gasteiger partial charge in [0.2, 0.25) is 11.8 Å². The second kappa shape index (κ2) is 11.8. The fraction of sp³-hybridized carbons (Fsp3) is 0.250. The molecule has 0 fully saturated rings. The zero-order valence-corrected chi connectivity index (χ0v) is 18.8. The number of nitrogens with zero attached hydrogens (tertiary/aromatic N) is 1. The molecule has 0 aromatic heterocycles. The van der Waals surface area contributed by atoms with Crippen LogP contribution in [0.25, 0.3) is 0 Å². The van der Waals surface area contributed by atoms with Gasteiger partial charge in [-0.05, 0) is 36.8 Å². The minimum atomic E-state index is -0.569. The van der Waals surface area contributed by atoms with Crippen molar-refractivity contribution in [2.75, 3.05) is 11.9 Å². The van der Waals surface area contributed by atoms with Gasteiger partial charge in [-0.3, -0.25) is 9.59 Å². The highest BCUT2D eigenvalue weighted by atomic mass is 79.9. The first-order chi connectivity index (χ1) is 13.9. The van der Waals surface area contributed by atoms with E-state index in [-0.39, 0.29) is 5.02 Å². The molecular formula is C20H20BrCl2N3O3. The van der Waals surface area contributed by atoms with E-state index in [0.29, 0.717) is 28.6 Å². The second-order valence-electron chi connectivity index (χ2n) is 6.00. The summed E-state index contributed by atoms with van der Waals surface area (Å²) in [7, 11) is 0. The Morgan fingerprint density at radius 2 is 2.00 bits per heavy atom. The van der Waals surface area contributed by atoms with E-state index in [1.807, 2.05) is 18.2 Å². The molecule has 0 atom stereocenters. The van der Waals surface area contributed by atoms with Crippen LogP contribution in [0.4, 0.5) is 5.69 Å². The van der Waals surface area contributed by atoms with Crippen molar-refractivity contribution in [3.05, 3.63) is 56.5 Å². The van der Waals surface area contributed by atoms with Gasteiger partial charge in [-0.2, -0.15) is 5.10 Å². The monoisotopic (exact) mass is 499 g/mol. The number of ether oxygens (including phenoxy) is 1. The Morgan fingerprint density at radius 3 is 2.76 bits per heavy atom. The highest BCUT2D eigenvalue weighted by Gasteiger charge is 2.12. The lowest BCUT2D eigenvalue weighted by Crippen LogP contribution is -2.24. The third-order valence-corrected chi connectivity index (χ3v) is 4.98. The molecule has 2 rings (SSSR count). The molecule has 0 spiro atoms. The minimum Gasteiger partial charge on any atom is -0.493 e. The number of carbonyl (C=O) groups is 2. The summed E-state index contributed by atoms with van der Waals surface area (Å²) in [6, 6.07) is 10.4. The van der Waals surface area contributed by atoms with E-state index in [4.69, 9.17) is 27.9 Å². The topological polar surface area (TPSA) is 79.8 Å². The average Bonchev–Trinajstić information content (AvgIpc) is 2.67. The van der Waals surface area contributed by atoms with Crippen LogP contribution in [0, 0.1) is 0 Å². The maximum Gasteiger partial charge on any atom is 0.249 e. The van der Waals surface area contributed by atoms with Gasteiger partial charge in [-0.15, -0.1) is 0 Å². The van der Waals surface area contributed by atoms with Crippen molar-refractivity contribution >= 4 is 62.8 Å². The third kappa shape index (κ3) is 7.68. The maximum atomic E-state index is 12.0. The number of hydrogen-bond donors (Lipinski definition) is 2. The van der Waals surface area contributed by atoms with Gasteiger partial charge >= 0.3 is 0 Å². The molecule has 2 N–H and O–H groups in total. The molecule has 0 unspecified atom stereocenters. The van der Waals surface area contributed by atoms with Gasteiger partial charge in [0.1, 0.15) is 12.2 Å². The fourth-order valence-corrected chi connectivity index (χ4v) is 2.96. The maximum absolute atomic E-state index is 12.0. The summed E-state index contributed by atoms with van der Waals surface area (Å²) in [5.41, 5.74) is 3.36. The van der Waals surface area contributed by atoms with Crippen LogP contribution >= 0.6 is 39.1 Å². The van der Waals surface area contributed by atoms with Crippen LogP contribution in [-0.2, 0) is 9.59 Å². The van der Waals surface area contributed by atoms with Gasteiger partial charge in [-0.25, -0.2) is 5.43 Å². The van der Waals surface area contributed by atoms with Crippen molar-refractivity contribution in [2.45, 2.75) is 26.2 Å². The summed E-state index contributed by atoms with van der Waals surface area (Å²) in [4.78, 5) is 24.0. The van der Waals surface area contributed by atoms with E-state index in [1.165, 1.54) is 6.21 Å². The molecule has 0 heterocycles. The highest BCUT2D eigenvalue weighted by Crippen LogP contribution is 2.29. The van der Waals surface area contributed by atoms with Crippen LogP contribution in [0.3, 0.4) is 0 Å². The molecule has 2 aromatic rings. The average molecular weight is 501 g/mol. The van der Waals surface area contributed by atoms with Gasteiger partial charge in [-0.1, -0.05) is 58.5 Å². The summed E-state index contributed by atoms with van der Waals surface area (Å²) in [6.45, 7) is 2.68. The first-order valence-electron chi connectivity index (χ1n) is 8.88. The molecule has 0 aliphatic carbocycles. The molecule has 2 aromatic carbocycles. The lowest BCUT2D eigenvalue weighted by Gasteiger charge is -2.09. The SMILES string of the molecule is CCCCOc1ccc(Br)cc1C=NNC(=O)CC(=O)Nc1cccc(Cl)c1Cl. The summed E-state index contributed by atoms with van der Waals surface area (Å²) in [5.74, 6) is -0.443. The normalized spacial score (nSPS) is 10.8. The van der Waals surface area contributed by atoms with E-state index in [0.717, 1.165) is 17.3 Å². The van der Waals surface area contributed by atoms with E-state index in [2.05, 4.69) is 38.7 Å². The number of unbranched alkanes of at least 4 members (excludes halogenated alkanes) is 1. The molecule has 0 bridgehead atoms. The zero-order chi connectivity index (χ0) is 21.2. The van der Waals surface area contributed by atoms with Crippen molar-refractivity contribution < 1.29 is 14.3 Å². The molecule has 0 saturated carbocycles. The van der Waals surface area contributed by atoms with Crippen molar-refractivity contribution in [1.82, 2.24) is 5.43 Å². The number of rotatable bonds is 9. The number of hydrogen-bond acceptors (Lipinski definition) is 4. The van der Waals surface area contributed by atoms with E-state index < -0.39 is 18.2 Å². The first-order valence-corrected chi connectivity index (χ1v) is 10.4. The van der Waals surface area contributed by atoms with Gasteiger partial charge in [0, 0.05) is 10.0 Å². The van der Waals surface area contributed by atoms with Crippen molar-refractivity contribution in [1.29, 1.82) is 0 Å². The Kier molecular flexibility index (Phi) is 9.44. The Labute approximate surface area is 187 Å². The van der Waals surface area contributed by atoms with Crippen LogP contribution in [0.15, 0.2) is 46.0 Å². The zero-order valence-electron chi connectivity index (χ0n) is 15.7. The van der Waals surface area contributed by atoms with Gasteiger partial charge in [0.25, 0.3) is 0 Å². The lowest BCUT2D eigenvalue weighted by molar-refractivity contribution is -0.126. The van der Waals surface area contributed by atoms with Crippen molar-refractivity contribution in [2.24, 2.45) is 5.10 Å². The quantitative estimate of drug-likeness (QED) is 0.209. The van der Waals surface area contributed by atoms with Crippen LogP contribution in [-0.4, -0.2) is 24.6 Å². The minimum absolute atomic E-state index is 0.214. The number of benzene rings is 2. The second-order valence-corrected chi connectivity index (χ2v) is 7.70. The number of hydrazone groups is 1. The largest absolute Gasteiger partial charge is 0.493 e. The fourth-order valence-electron chi connectivity index (χ4n) is 2.23. The third-order valence-electron chi connectivity index (χ3n) is 3.67. The number of carbonyl (C=O) groups excluding carboxylic acids is 2. The van der Waals surface area contributed by atoms with Crippen LogP contribution in [0.5, 0.6) is 5.75 Å². The molecule has 154 valence electrons. The summed E-state index contributed by atoms with van der Waals surface area (Å²) < 4.78 is 6.58. The van der Waals surface area contributed by atoms with Crippen LogP contribution < -0.4 is 15.5 Å². The molecule has 29 heavy (non-hydrogen) atoms. The Hall–Kier alpha value is -2.09. The van der Waals surface area contributed by atoms with E-state index >= 15 is 0 Å². The molecule has 0 aliphatic heterocycles. The summed E-state index contributed by atoms with van der Waals surface area (Å²) >= 11 is 15.3. The lowest BCUT2D eigenvalue weighted by atomic mass is 10.2. The predicted molar refractivity (Wildman–Crippen MR) is 120 cm³/mol. The molecule has 0 radical (unpaired) electrons. The highest BCUT2D eigenvalue weighted by molar-refractivity contribution is 9.10. The van der Waals surface area contributed by atoms with Crippen LogP contribution in [0.2, 0.25) is 10.0 Å². The predicted octanol–water partition coefficient (Wildman–Crippen LogP) is 5.41. The molecule has 0 saturated heterocycles. The summed E-state index contributed by atoms with van der Waals surface area (Å²) in [6.07, 6.45) is 3.02. The summed E-state index contributed by atoms with van der Waals surface area (Å²) in [5, 5.41) is 6.98. The smallest absolute Gasteiger partial charge is 0.249 e. The van der Waals surface area contributed by atoms with Crippen molar-refractivity contribution in [3.63, 3.8) is 0 Å². The Bertz CT molecular complexity index is 907. The molecule has 0 aliphatic rings. The van der Waals surface area contributed by atoms with E-state index in [1.54, 1.807) is 18.2 Å². The van der Waals surface area contributed by atoms with Gasteiger partial charge in [0.05, 0.1) is 28.6 Å². The Morgan fingerprint density at radius 1 is 1.21 bits per heavy atom. The first kappa shape index (κ1) is 23.2. The number of amides is 2. The Balaban J connectivity index is 1.91. The van der Waals surface area contributed by atoms with Gasteiger partial charge < -0.3 is 10.1 Å². The molecule has 9 heteroatoms. The number of halogens is 3.